The van der Waals surface area contributed by atoms with Crippen LogP contribution in [0.15, 0.2) is 77.8 Å². The minimum Gasteiger partial charge on any atom is -0.457 e. The van der Waals surface area contributed by atoms with Crippen molar-refractivity contribution in [2.24, 2.45) is 21.9 Å². The number of para-hydroxylation sites is 1. The highest BCUT2D eigenvalue weighted by atomic mass is 16.7. The summed E-state index contributed by atoms with van der Waals surface area (Å²) in [5.41, 5.74) is 14.5. The Hall–Kier alpha value is -4.90. The molecule has 5 N–H and O–H groups in total. The first-order valence-corrected chi connectivity index (χ1v) is 15.9. The second kappa shape index (κ2) is 16.1. The molecule has 0 bridgehead atoms. The third-order valence-electron chi connectivity index (χ3n) is 7.57. The van der Waals surface area contributed by atoms with E-state index in [0.29, 0.717) is 22.6 Å². The molecule has 1 heterocycles. The van der Waals surface area contributed by atoms with E-state index in [2.05, 4.69) is 21.3 Å². The van der Waals surface area contributed by atoms with Gasteiger partial charge in [0.25, 0.3) is 5.91 Å². The lowest BCUT2D eigenvalue weighted by Gasteiger charge is -2.31. The summed E-state index contributed by atoms with van der Waals surface area (Å²) in [5.74, 6) is -0.253. The van der Waals surface area contributed by atoms with E-state index >= 15 is 0 Å². The van der Waals surface area contributed by atoms with Crippen molar-refractivity contribution in [1.82, 2.24) is 5.32 Å². The van der Waals surface area contributed by atoms with Crippen LogP contribution in [-0.4, -0.2) is 49.2 Å². The third kappa shape index (κ3) is 10.3. The van der Waals surface area contributed by atoms with Gasteiger partial charge in [-0.15, -0.1) is 0 Å². The standard InChI is InChI=1S/C36H45N5O6/c1-24(46-34(44)36(2,3)4)45-33(43)29(37)22-25-16-18-26(19-17-25)32(42)40-35(38)39-23-28-30(41-20-9-6-10-21-41)14-11-15-31(28)47-27-12-7-5-8-13-27/h5,7-8,11-19,24,29H,6,9-10,20-23,37H2,1-4H3,(H3,38,39,40,42)/t24?,29-/m0/s1. The lowest BCUT2D eigenvalue weighted by atomic mass is 9.97. The zero-order valence-electron chi connectivity index (χ0n) is 27.5. The molecule has 47 heavy (non-hydrogen) atoms. The van der Waals surface area contributed by atoms with Crippen LogP contribution >= 0.6 is 0 Å². The van der Waals surface area contributed by atoms with E-state index in [1.807, 2.05) is 42.5 Å². The first-order chi connectivity index (χ1) is 22.4. The van der Waals surface area contributed by atoms with Crippen LogP contribution in [0.25, 0.3) is 0 Å². The first-order valence-electron chi connectivity index (χ1n) is 15.9. The van der Waals surface area contributed by atoms with Gasteiger partial charge in [0.15, 0.2) is 5.96 Å². The first kappa shape index (κ1) is 35.0. The second-order valence-electron chi connectivity index (χ2n) is 12.5. The predicted molar refractivity (Wildman–Crippen MR) is 181 cm³/mol. The number of nitrogens with two attached hydrogens (primary N) is 2. The Kier molecular flexibility index (Phi) is 12.0. The number of benzene rings is 3. The van der Waals surface area contributed by atoms with E-state index in [-0.39, 0.29) is 18.9 Å². The Bertz CT molecular complexity index is 1550. The fraction of sp³-hybridized carbons (Fsp3) is 0.389. The van der Waals surface area contributed by atoms with Crippen molar-refractivity contribution in [2.45, 2.75) is 72.3 Å². The minimum absolute atomic E-state index is 0.0239. The van der Waals surface area contributed by atoms with Crippen molar-refractivity contribution in [3.8, 4) is 11.5 Å². The number of ether oxygens (including phenoxy) is 3. The molecule has 0 radical (unpaired) electrons. The molecule has 250 valence electrons. The average molecular weight is 644 g/mol. The fourth-order valence-corrected chi connectivity index (χ4v) is 4.98. The molecule has 0 aliphatic carbocycles. The Morgan fingerprint density at radius 1 is 0.915 bits per heavy atom. The monoisotopic (exact) mass is 643 g/mol. The number of hydrogen-bond donors (Lipinski definition) is 3. The number of nitrogens with zero attached hydrogens (tertiary/aromatic N) is 2. The van der Waals surface area contributed by atoms with Gasteiger partial charge in [0.05, 0.1) is 12.0 Å². The molecule has 11 heteroatoms. The molecular formula is C36H45N5O6. The molecule has 0 aromatic heterocycles. The van der Waals surface area contributed by atoms with Gasteiger partial charge in [-0.3, -0.25) is 19.7 Å². The molecule has 1 aliphatic heterocycles. The Morgan fingerprint density at radius 3 is 2.26 bits per heavy atom. The lowest BCUT2D eigenvalue weighted by Crippen LogP contribution is -2.38. The van der Waals surface area contributed by atoms with Crippen molar-refractivity contribution >= 4 is 29.5 Å². The number of esters is 2. The summed E-state index contributed by atoms with van der Waals surface area (Å²) in [4.78, 5) is 44.3. The molecule has 11 nitrogen and oxygen atoms in total. The van der Waals surface area contributed by atoms with Crippen molar-refractivity contribution in [2.75, 3.05) is 18.0 Å². The summed E-state index contributed by atoms with van der Waals surface area (Å²) >= 11 is 0. The van der Waals surface area contributed by atoms with Crippen LogP contribution in [0.5, 0.6) is 11.5 Å². The van der Waals surface area contributed by atoms with Crippen LogP contribution < -0.4 is 26.4 Å². The molecule has 4 rings (SSSR count). The summed E-state index contributed by atoms with van der Waals surface area (Å²) in [6.07, 6.45) is 2.54. The topological polar surface area (TPSA) is 159 Å². The zero-order valence-corrected chi connectivity index (χ0v) is 27.5. The summed E-state index contributed by atoms with van der Waals surface area (Å²) in [6.45, 7) is 8.68. The number of anilines is 1. The molecule has 1 aliphatic rings. The molecule has 2 atom stereocenters. The molecule has 3 aromatic carbocycles. The van der Waals surface area contributed by atoms with Crippen molar-refractivity contribution in [3.05, 3.63) is 89.5 Å². The highest BCUT2D eigenvalue weighted by Gasteiger charge is 2.27. The van der Waals surface area contributed by atoms with Crippen LogP contribution in [0, 0.1) is 5.41 Å². The smallest absolute Gasteiger partial charge is 0.326 e. The van der Waals surface area contributed by atoms with Gasteiger partial charge in [-0.25, -0.2) is 4.99 Å². The molecule has 0 spiro atoms. The van der Waals surface area contributed by atoms with E-state index in [0.717, 1.165) is 37.2 Å². The molecular weight excluding hydrogens is 598 g/mol. The number of amides is 1. The van der Waals surface area contributed by atoms with Gasteiger partial charge in [-0.1, -0.05) is 36.4 Å². The predicted octanol–water partition coefficient (Wildman–Crippen LogP) is 5.06. The van der Waals surface area contributed by atoms with Crippen molar-refractivity contribution < 1.29 is 28.6 Å². The fourth-order valence-electron chi connectivity index (χ4n) is 4.98. The Morgan fingerprint density at radius 2 is 1.60 bits per heavy atom. The normalized spacial score (nSPS) is 14.9. The largest absolute Gasteiger partial charge is 0.457 e. The highest BCUT2D eigenvalue weighted by Crippen LogP contribution is 2.34. The van der Waals surface area contributed by atoms with Crippen molar-refractivity contribution in [1.29, 1.82) is 0 Å². The van der Waals surface area contributed by atoms with Crippen LogP contribution in [-0.2, 0) is 32.0 Å². The Balaban J connectivity index is 1.37. The maximum atomic E-state index is 13.0. The summed E-state index contributed by atoms with van der Waals surface area (Å²) in [5, 5.41) is 2.65. The summed E-state index contributed by atoms with van der Waals surface area (Å²) in [7, 11) is 0. The van der Waals surface area contributed by atoms with Crippen LogP contribution in [0.2, 0.25) is 0 Å². The van der Waals surface area contributed by atoms with Crippen LogP contribution in [0.1, 0.15) is 68.4 Å². The van der Waals surface area contributed by atoms with Gasteiger partial charge in [-0.2, -0.15) is 0 Å². The quantitative estimate of drug-likeness (QED) is 0.112. The molecule has 1 fully saturated rings. The number of carbonyl (C=O) groups excluding carboxylic acids is 3. The van der Waals surface area contributed by atoms with Gasteiger partial charge >= 0.3 is 11.9 Å². The number of aliphatic imine (C=N–C) groups is 1. The molecule has 3 aromatic rings. The molecule has 1 amide bonds. The number of guanidine groups is 1. The van der Waals surface area contributed by atoms with Gasteiger partial charge in [0, 0.05) is 36.8 Å². The molecule has 1 unspecified atom stereocenters. The maximum Gasteiger partial charge on any atom is 0.326 e. The number of nitrogens with one attached hydrogen (secondary N) is 1. The SMILES string of the molecule is CC(OC(=O)[C@@H](N)Cc1ccc(C(=O)NC(N)=NCc2c(Oc3ccccc3)cccc2N2CCCCC2)cc1)OC(=O)C(C)(C)C. The van der Waals surface area contributed by atoms with E-state index in [1.54, 1.807) is 45.0 Å². The van der Waals surface area contributed by atoms with Crippen LogP contribution in [0.4, 0.5) is 5.69 Å². The van der Waals surface area contributed by atoms with Gasteiger partial charge < -0.3 is 30.6 Å². The zero-order chi connectivity index (χ0) is 34.0. The van der Waals surface area contributed by atoms with Gasteiger partial charge in [0.2, 0.25) is 6.29 Å². The minimum atomic E-state index is -1.07. The average Bonchev–Trinajstić information content (AvgIpc) is 3.04. The molecule has 0 saturated carbocycles. The van der Waals surface area contributed by atoms with E-state index in [9.17, 15) is 14.4 Å². The van der Waals surface area contributed by atoms with Gasteiger partial charge in [-0.05, 0) is 88.4 Å². The number of rotatable bonds is 11. The Labute approximate surface area is 276 Å². The second-order valence-corrected chi connectivity index (χ2v) is 12.5. The van der Waals surface area contributed by atoms with Crippen molar-refractivity contribution in [3.63, 3.8) is 0 Å². The lowest BCUT2D eigenvalue weighted by molar-refractivity contribution is -0.191. The molecule has 1 saturated heterocycles. The highest BCUT2D eigenvalue weighted by molar-refractivity contribution is 6.05. The van der Waals surface area contributed by atoms with E-state index < -0.39 is 35.6 Å². The third-order valence-corrected chi connectivity index (χ3v) is 7.57. The summed E-state index contributed by atoms with van der Waals surface area (Å²) in [6, 6.07) is 21.1. The van der Waals surface area contributed by atoms with E-state index in [4.69, 9.17) is 25.7 Å². The number of hydrogen-bond acceptors (Lipinski definition) is 9. The van der Waals surface area contributed by atoms with Crippen LogP contribution in [0.3, 0.4) is 0 Å². The maximum absolute atomic E-state index is 13.0. The van der Waals surface area contributed by atoms with E-state index in [1.165, 1.54) is 13.3 Å². The summed E-state index contributed by atoms with van der Waals surface area (Å²) < 4.78 is 16.6. The number of piperidine rings is 1. The van der Waals surface area contributed by atoms with Gasteiger partial charge in [0.1, 0.15) is 17.5 Å². The number of carbonyl (C=O) groups is 3.